The van der Waals surface area contributed by atoms with E-state index in [0.717, 1.165) is 44.6 Å². The molecule has 2 rings (SSSR count). The van der Waals surface area contributed by atoms with Crippen molar-refractivity contribution in [3.05, 3.63) is 18.2 Å². The van der Waals surface area contributed by atoms with Crippen molar-refractivity contribution < 1.29 is 4.79 Å². The monoisotopic (exact) mass is 249 g/mol. The maximum atomic E-state index is 12.3. The van der Waals surface area contributed by atoms with Gasteiger partial charge in [0, 0.05) is 31.9 Å². The Labute approximate surface area is 109 Å². The number of aryl methyl sites for hydroxylation is 1. The van der Waals surface area contributed by atoms with Gasteiger partial charge < -0.3 is 9.47 Å². The fourth-order valence-electron chi connectivity index (χ4n) is 2.50. The zero-order valence-corrected chi connectivity index (χ0v) is 11.3. The van der Waals surface area contributed by atoms with Crippen molar-refractivity contribution in [3.63, 3.8) is 0 Å². The number of carbonyl (C=O) groups excluding carboxylic acids is 1. The molecule has 0 aromatic carbocycles. The molecule has 2 heterocycles. The number of nitrogens with zero attached hydrogens (tertiary/aromatic N) is 3. The summed E-state index contributed by atoms with van der Waals surface area (Å²) in [6, 6.07) is 0. The maximum absolute atomic E-state index is 12.3. The minimum atomic E-state index is 0.243. The van der Waals surface area contributed by atoms with Gasteiger partial charge in [-0.15, -0.1) is 0 Å². The normalized spacial score (nSPS) is 16.6. The molecule has 1 aromatic rings. The van der Waals surface area contributed by atoms with Crippen LogP contribution in [-0.4, -0.2) is 33.4 Å². The molecule has 1 aliphatic rings. The predicted molar refractivity (Wildman–Crippen MR) is 71.3 cm³/mol. The van der Waals surface area contributed by atoms with Crippen LogP contribution < -0.4 is 0 Å². The molecule has 0 spiro atoms. The summed E-state index contributed by atoms with van der Waals surface area (Å²) in [6.07, 6.45) is 10.5. The number of imidazole rings is 1. The summed E-state index contributed by atoms with van der Waals surface area (Å²) in [7, 11) is 0. The minimum absolute atomic E-state index is 0.243. The van der Waals surface area contributed by atoms with Crippen LogP contribution in [0.1, 0.15) is 44.9 Å². The Morgan fingerprint density at radius 3 is 2.67 bits per heavy atom. The molecule has 0 bridgehead atoms. The molecule has 0 aliphatic carbocycles. The van der Waals surface area contributed by atoms with E-state index in [0.29, 0.717) is 6.54 Å². The molecule has 0 unspecified atom stereocenters. The van der Waals surface area contributed by atoms with Crippen LogP contribution in [0.25, 0.3) is 0 Å². The lowest BCUT2D eigenvalue weighted by molar-refractivity contribution is -0.131. The van der Waals surface area contributed by atoms with Crippen molar-refractivity contribution >= 4 is 5.91 Å². The van der Waals surface area contributed by atoms with Crippen LogP contribution in [-0.2, 0) is 17.8 Å². The summed E-state index contributed by atoms with van der Waals surface area (Å²) in [5.74, 6) is 1.27. The van der Waals surface area contributed by atoms with Gasteiger partial charge in [-0.3, -0.25) is 4.79 Å². The number of likely N-dealkylation sites (tertiary alicyclic amines) is 1. The first kappa shape index (κ1) is 13.1. The Morgan fingerprint density at radius 2 is 2.00 bits per heavy atom. The molecule has 18 heavy (non-hydrogen) atoms. The highest BCUT2D eigenvalue weighted by Crippen LogP contribution is 2.11. The second-order valence-corrected chi connectivity index (χ2v) is 5.02. The van der Waals surface area contributed by atoms with Crippen molar-refractivity contribution in [2.24, 2.45) is 0 Å². The van der Waals surface area contributed by atoms with Gasteiger partial charge in [-0.25, -0.2) is 4.98 Å². The molecule has 0 N–H and O–H groups in total. The van der Waals surface area contributed by atoms with E-state index in [1.807, 2.05) is 15.7 Å². The summed E-state index contributed by atoms with van der Waals surface area (Å²) >= 11 is 0. The lowest BCUT2D eigenvalue weighted by Gasteiger charge is -2.21. The molecule has 4 nitrogen and oxygen atoms in total. The average molecular weight is 249 g/mol. The molecule has 1 aliphatic heterocycles. The van der Waals surface area contributed by atoms with E-state index in [2.05, 4.69) is 11.9 Å². The first-order valence-electron chi connectivity index (χ1n) is 7.09. The highest BCUT2D eigenvalue weighted by molar-refractivity contribution is 5.76. The molecule has 0 radical (unpaired) electrons. The molecular formula is C14H23N3O. The summed E-state index contributed by atoms with van der Waals surface area (Å²) in [6.45, 7) is 4.44. The van der Waals surface area contributed by atoms with Gasteiger partial charge in [-0.1, -0.05) is 19.8 Å². The van der Waals surface area contributed by atoms with Crippen LogP contribution in [0.4, 0.5) is 0 Å². The number of hydrogen-bond acceptors (Lipinski definition) is 2. The van der Waals surface area contributed by atoms with Gasteiger partial charge in [0.1, 0.15) is 12.4 Å². The van der Waals surface area contributed by atoms with E-state index in [1.165, 1.54) is 12.8 Å². The van der Waals surface area contributed by atoms with Crippen LogP contribution in [0.2, 0.25) is 0 Å². The first-order chi connectivity index (χ1) is 8.81. The molecule has 100 valence electrons. The van der Waals surface area contributed by atoms with Gasteiger partial charge in [-0.2, -0.15) is 0 Å². The van der Waals surface area contributed by atoms with Gasteiger partial charge in [0.15, 0.2) is 0 Å². The van der Waals surface area contributed by atoms with Crippen LogP contribution in [0.5, 0.6) is 0 Å². The van der Waals surface area contributed by atoms with Crippen LogP contribution >= 0.6 is 0 Å². The van der Waals surface area contributed by atoms with Crippen molar-refractivity contribution in [1.29, 1.82) is 0 Å². The topological polar surface area (TPSA) is 38.1 Å². The second-order valence-electron chi connectivity index (χ2n) is 5.02. The summed E-state index contributed by atoms with van der Waals surface area (Å²) < 4.78 is 2.00. The molecule has 4 heteroatoms. The Kier molecular flexibility index (Phi) is 4.79. The van der Waals surface area contributed by atoms with Crippen LogP contribution in [0.3, 0.4) is 0 Å². The predicted octanol–water partition coefficient (Wildman–Crippen LogP) is 2.24. The Morgan fingerprint density at radius 1 is 1.28 bits per heavy atom. The smallest absolute Gasteiger partial charge is 0.242 e. The van der Waals surface area contributed by atoms with Gasteiger partial charge in [-0.05, 0) is 19.3 Å². The zero-order valence-electron chi connectivity index (χ0n) is 11.3. The molecule has 1 fully saturated rings. The second kappa shape index (κ2) is 6.57. The number of carbonyl (C=O) groups is 1. The summed E-state index contributed by atoms with van der Waals surface area (Å²) in [4.78, 5) is 18.6. The molecular weight excluding hydrogens is 226 g/mol. The summed E-state index contributed by atoms with van der Waals surface area (Å²) in [5.41, 5.74) is 0. The maximum Gasteiger partial charge on any atom is 0.242 e. The fourth-order valence-corrected chi connectivity index (χ4v) is 2.50. The molecule has 1 amide bonds. The number of amides is 1. The Hall–Kier alpha value is -1.32. The first-order valence-corrected chi connectivity index (χ1v) is 7.09. The van der Waals surface area contributed by atoms with Crippen molar-refractivity contribution in [2.45, 2.75) is 52.0 Å². The van der Waals surface area contributed by atoms with Gasteiger partial charge in [0.25, 0.3) is 0 Å². The third kappa shape index (κ3) is 3.34. The third-order valence-corrected chi connectivity index (χ3v) is 3.54. The van der Waals surface area contributed by atoms with E-state index < -0.39 is 0 Å². The lowest BCUT2D eigenvalue weighted by Crippen LogP contribution is -2.34. The molecule has 1 aromatic heterocycles. The van der Waals surface area contributed by atoms with Crippen molar-refractivity contribution in [2.75, 3.05) is 13.1 Å². The van der Waals surface area contributed by atoms with Gasteiger partial charge in [0.2, 0.25) is 5.91 Å². The summed E-state index contributed by atoms with van der Waals surface area (Å²) in [5, 5.41) is 0. The zero-order chi connectivity index (χ0) is 12.8. The average Bonchev–Trinajstić information content (AvgIpc) is 2.66. The van der Waals surface area contributed by atoms with Crippen LogP contribution in [0, 0.1) is 0 Å². The van der Waals surface area contributed by atoms with E-state index in [9.17, 15) is 4.79 Å². The van der Waals surface area contributed by atoms with E-state index in [4.69, 9.17) is 0 Å². The standard InChI is InChI=1S/C14H23N3O/c1-2-7-13-15-8-11-17(13)12-14(18)16-9-5-3-4-6-10-16/h8,11H,2-7,9-10,12H2,1H3. The Balaban J connectivity index is 1.94. The van der Waals surface area contributed by atoms with Gasteiger partial charge in [0.05, 0.1) is 0 Å². The quantitative estimate of drug-likeness (QED) is 0.820. The highest BCUT2D eigenvalue weighted by atomic mass is 16.2. The number of hydrogen-bond donors (Lipinski definition) is 0. The van der Waals surface area contributed by atoms with Crippen molar-refractivity contribution in [3.8, 4) is 0 Å². The molecule has 1 saturated heterocycles. The largest absolute Gasteiger partial charge is 0.341 e. The van der Waals surface area contributed by atoms with Gasteiger partial charge >= 0.3 is 0 Å². The van der Waals surface area contributed by atoms with E-state index in [-0.39, 0.29) is 5.91 Å². The lowest BCUT2D eigenvalue weighted by atomic mass is 10.2. The molecule has 0 saturated carbocycles. The third-order valence-electron chi connectivity index (χ3n) is 3.54. The van der Waals surface area contributed by atoms with Crippen molar-refractivity contribution in [1.82, 2.24) is 14.5 Å². The number of rotatable bonds is 4. The van der Waals surface area contributed by atoms with E-state index in [1.54, 1.807) is 6.20 Å². The SMILES string of the molecule is CCCc1nccn1CC(=O)N1CCCCCC1. The minimum Gasteiger partial charge on any atom is -0.341 e. The van der Waals surface area contributed by atoms with Crippen LogP contribution in [0.15, 0.2) is 12.4 Å². The molecule has 0 atom stereocenters. The number of aromatic nitrogens is 2. The fraction of sp³-hybridized carbons (Fsp3) is 0.714. The van der Waals surface area contributed by atoms with E-state index >= 15 is 0 Å². The Bertz CT molecular complexity index is 378. The highest BCUT2D eigenvalue weighted by Gasteiger charge is 2.16.